The zero-order valence-corrected chi connectivity index (χ0v) is 16.4. The lowest BCUT2D eigenvalue weighted by atomic mass is 10.0. The molecule has 0 aliphatic rings. The largest absolute Gasteiger partial charge is 0.506 e. The fraction of sp³-hybridized carbons (Fsp3) is 0.136. The number of hydrogen-bond acceptors (Lipinski definition) is 4. The minimum atomic E-state index is -1.58. The second-order valence-corrected chi connectivity index (χ2v) is 6.59. The van der Waals surface area contributed by atoms with E-state index >= 15 is 0 Å². The molecule has 2 N–H and O–H groups in total. The normalized spacial score (nSPS) is 12.6. The van der Waals surface area contributed by atoms with E-state index in [-0.39, 0.29) is 18.2 Å². The second kappa shape index (κ2) is 9.29. The van der Waals surface area contributed by atoms with E-state index in [1.165, 1.54) is 0 Å². The Balaban J connectivity index is 1.99. The van der Waals surface area contributed by atoms with Crippen LogP contribution in [-0.4, -0.2) is 31.4 Å². The summed E-state index contributed by atoms with van der Waals surface area (Å²) in [4.78, 5) is 20.0. The number of aliphatic hydroxyl groups is 1. The zero-order valence-electron chi connectivity index (χ0n) is 16.4. The van der Waals surface area contributed by atoms with Gasteiger partial charge in [0.2, 0.25) is 0 Å². The first kappa shape index (κ1) is 21.8. The highest BCUT2D eigenvalue weighted by Crippen LogP contribution is 2.25. The molecule has 1 heterocycles. The van der Waals surface area contributed by atoms with E-state index in [9.17, 15) is 28.2 Å². The minimum absolute atomic E-state index is 0.0588. The van der Waals surface area contributed by atoms with E-state index in [0.717, 1.165) is 5.56 Å². The first-order valence-electron chi connectivity index (χ1n) is 9.24. The van der Waals surface area contributed by atoms with E-state index in [0.29, 0.717) is 18.3 Å². The first-order valence-corrected chi connectivity index (χ1v) is 9.24. The van der Waals surface area contributed by atoms with Gasteiger partial charge in [-0.05, 0) is 30.2 Å². The summed E-state index contributed by atoms with van der Waals surface area (Å²) < 4.78 is 42.6. The molecule has 3 aromatic rings. The molecule has 6 nitrogen and oxygen atoms in total. The van der Waals surface area contributed by atoms with Gasteiger partial charge in [-0.15, -0.1) is 0 Å². The molecule has 0 saturated carbocycles. The molecule has 0 unspecified atom stereocenters. The lowest BCUT2D eigenvalue weighted by molar-refractivity contribution is -0.132. The summed E-state index contributed by atoms with van der Waals surface area (Å²) in [6.45, 7) is 2.19. The summed E-state index contributed by atoms with van der Waals surface area (Å²) in [5.41, 5.74) is -0.168. The van der Waals surface area contributed by atoms with Gasteiger partial charge in [0, 0.05) is 25.0 Å². The van der Waals surface area contributed by atoms with Gasteiger partial charge >= 0.3 is 5.97 Å². The number of aliphatic carboxylic acids is 1. The van der Waals surface area contributed by atoms with Crippen molar-refractivity contribution in [3.05, 3.63) is 89.3 Å². The van der Waals surface area contributed by atoms with Crippen LogP contribution in [0.3, 0.4) is 0 Å². The summed E-state index contributed by atoms with van der Waals surface area (Å²) in [6, 6.07) is 7.56. The topological polar surface area (TPSA) is 87.7 Å². The average Bonchev–Trinajstić information content (AvgIpc) is 3.24. The van der Waals surface area contributed by atoms with Crippen LogP contribution in [0.1, 0.15) is 24.5 Å². The predicted octanol–water partition coefficient (Wildman–Crippen LogP) is 4.89. The molecule has 0 spiro atoms. The number of aromatic nitrogens is 2. The second-order valence-electron chi connectivity index (χ2n) is 6.59. The van der Waals surface area contributed by atoms with Crippen molar-refractivity contribution in [1.29, 1.82) is 0 Å². The molecule has 0 saturated heterocycles. The van der Waals surface area contributed by atoms with Crippen molar-refractivity contribution in [2.75, 3.05) is 0 Å². The van der Waals surface area contributed by atoms with Gasteiger partial charge in [-0.1, -0.05) is 19.1 Å². The van der Waals surface area contributed by atoms with Gasteiger partial charge in [-0.2, -0.15) is 0 Å². The van der Waals surface area contributed by atoms with Crippen molar-refractivity contribution in [2.45, 2.75) is 19.9 Å². The molecule has 0 radical (unpaired) electrons. The summed E-state index contributed by atoms with van der Waals surface area (Å²) in [5, 5.41) is 20.0. The van der Waals surface area contributed by atoms with Crippen LogP contribution in [0, 0.1) is 17.5 Å². The Labute approximate surface area is 175 Å². The molecule has 0 atom stereocenters. The Bertz CT molecular complexity index is 1150. The molecule has 0 aliphatic carbocycles. The van der Waals surface area contributed by atoms with Crippen molar-refractivity contribution in [3.8, 4) is 0 Å². The number of hydrogen-bond donors (Lipinski definition) is 2. The molecule has 31 heavy (non-hydrogen) atoms. The third kappa shape index (κ3) is 5.00. The molecule has 1 aromatic heterocycles. The van der Waals surface area contributed by atoms with Gasteiger partial charge < -0.3 is 14.8 Å². The molecule has 0 fully saturated rings. The van der Waals surface area contributed by atoms with E-state index in [2.05, 4.69) is 9.98 Å². The van der Waals surface area contributed by atoms with Crippen LogP contribution in [0.4, 0.5) is 18.9 Å². The first-order chi connectivity index (χ1) is 14.8. The van der Waals surface area contributed by atoms with Gasteiger partial charge in [0.1, 0.15) is 17.1 Å². The predicted molar refractivity (Wildman–Crippen MR) is 109 cm³/mol. The molecule has 0 aliphatic heterocycles. The van der Waals surface area contributed by atoms with Crippen molar-refractivity contribution in [2.24, 2.45) is 4.99 Å². The fourth-order valence-electron chi connectivity index (χ4n) is 2.93. The maximum absolute atomic E-state index is 14.1. The fourth-order valence-corrected chi connectivity index (χ4v) is 2.93. The lowest BCUT2D eigenvalue weighted by Gasteiger charge is -2.11. The Morgan fingerprint density at radius 1 is 1.06 bits per heavy atom. The highest BCUT2D eigenvalue weighted by molar-refractivity contribution is 6.24. The van der Waals surface area contributed by atoms with Gasteiger partial charge in [0.15, 0.2) is 11.6 Å². The zero-order chi connectivity index (χ0) is 22.5. The number of aliphatic imine (C=N–C) groups is 1. The van der Waals surface area contributed by atoms with Crippen LogP contribution < -0.4 is 0 Å². The number of aliphatic hydroxyl groups excluding tert-OH is 1. The molecular weight excluding hydrogens is 411 g/mol. The van der Waals surface area contributed by atoms with Crippen molar-refractivity contribution in [1.82, 2.24) is 9.55 Å². The highest BCUT2D eigenvalue weighted by Gasteiger charge is 2.24. The molecular formula is C22H18F3N3O3. The van der Waals surface area contributed by atoms with Crippen molar-refractivity contribution >= 4 is 23.1 Å². The number of carboxylic acid groups (broad SMARTS) is 1. The standard InChI is InChI=1S/C22H18F3N3O3/c1-2-19(27-14-5-3-13(4-6-14)11-28-8-7-26-12-28)20(22(30)31)21(29)15-9-17(24)18(25)10-16(15)23/h3-10,12,29H,2,11H2,1H3,(H,30,31). The SMILES string of the molecule is CCC(=Nc1ccc(Cn2ccnc2)cc1)C(C(=O)O)=C(O)c1cc(F)c(F)cc1F. The van der Waals surface area contributed by atoms with Crippen LogP contribution in [0.25, 0.3) is 5.76 Å². The van der Waals surface area contributed by atoms with E-state index in [1.54, 1.807) is 43.7 Å². The lowest BCUT2D eigenvalue weighted by Crippen LogP contribution is -2.15. The number of carboxylic acids is 1. The van der Waals surface area contributed by atoms with Crippen LogP contribution in [0.2, 0.25) is 0 Å². The highest BCUT2D eigenvalue weighted by atomic mass is 19.2. The number of rotatable bonds is 7. The minimum Gasteiger partial charge on any atom is -0.506 e. The Morgan fingerprint density at radius 3 is 2.32 bits per heavy atom. The maximum atomic E-state index is 14.1. The van der Waals surface area contributed by atoms with Crippen LogP contribution >= 0.6 is 0 Å². The van der Waals surface area contributed by atoms with Gasteiger partial charge in [0.05, 0.1) is 23.3 Å². The van der Waals surface area contributed by atoms with E-state index in [1.807, 2.05) is 10.8 Å². The van der Waals surface area contributed by atoms with Gasteiger partial charge in [-0.25, -0.2) is 22.9 Å². The van der Waals surface area contributed by atoms with Gasteiger partial charge in [0.25, 0.3) is 0 Å². The molecule has 160 valence electrons. The van der Waals surface area contributed by atoms with Crippen LogP contribution in [-0.2, 0) is 11.3 Å². The average molecular weight is 429 g/mol. The Hall–Kier alpha value is -3.88. The monoisotopic (exact) mass is 429 g/mol. The van der Waals surface area contributed by atoms with Crippen LogP contribution in [0.5, 0.6) is 0 Å². The van der Waals surface area contributed by atoms with E-state index in [4.69, 9.17) is 0 Å². The molecule has 0 amide bonds. The maximum Gasteiger partial charge on any atom is 0.341 e. The number of nitrogens with zero attached hydrogens (tertiary/aromatic N) is 3. The Morgan fingerprint density at radius 2 is 1.74 bits per heavy atom. The smallest absolute Gasteiger partial charge is 0.341 e. The summed E-state index contributed by atoms with van der Waals surface area (Å²) >= 11 is 0. The van der Waals surface area contributed by atoms with E-state index < -0.39 is 40.3 Å². The number of halogens is 3. The molecule has 0 bridgehead atoms. The van der Waals surface area contributed by atoms with Crippen molar-refractivity contribution in [3.63, 3.8) is 0 Å². The summed E-state index contributed by atoms with van der Waals surface area (Å²) in [7, 11) is 0. The number of imidazole rings is 1. The molecule has 3 rings (SSSR count). The Kier molecular flexibility index (Phi) is 6.54. The van der Waals surface area contributed by atoms with Crippen LogP contribution in [0.15, 0.2) is 65.7 Å². The van der Waals surface area contributed by atoms with Gasteiger partial charge in [-0.3, -0.25) is 4.99 Å². The summed E-state index contributed by atoms with van der Waals surface area (Å²) in [5.74, 6) is -6.79. The molecule has 2 aromatic carbocycles. The third-order valence-corrected chi connectivity index (χ3v) is 4.46. The quantitative estimate of drug-likeness (QED) is 0.242. The number of benzene rings is 2. The number of carbonyl (C=O) groups is 1. The third-order valence-electron chi connectivity index (χ3n) is 4.46. The summed E-state index contributed by atoms with van der Waals surface area (Å²) in [6.07, 6.45) is 5.22. The molecule has 9 heteroatoms. The van der Waals surface area contributed by atoms with Crippen molar-refractivity contribution < 1.29 is 28.2 Å².